The summed E-state index contributed by atoms with van der Waals surface area (Å²) in [6, 6.07) is 10.0. The SMILES string of the molecule is CC(CN)(NC(=O)C1CCCCCCC1)c1ccccc1. The molecule has 1 fully saturated rings. The largest absolute Gasteiger partial charge is 0.345 e. The molecule has 3 heteroatoms. The third-order valence-electron chi connectivity index (χ3n) is 4.69. The lowest BCUT2D eigenvalue weighted by Crippen LogP contribution is -2.50. The maximum absolute atomic E-state index is 12.6. The maximum atomic E-state index is 12.6. The number of benzene rings is 1. The standard InChI is InChI=1S/C18H28N2O/c1-18(14-19,16-12-8-5-9-13-16)20-17(21)15-10-6-3-2-4-7-11-15/h5,8-9,12-13,15H,2-4,6-7,10-11,14,19H2,1H3,(H,20,21). The molecule has 2 rings (SSSR count). The van der Waals surface area contributed by atoms with Crippen molar-refractivity contribution in [2.24, 2.45) is 11.7 Å². The van der Waals surface area contributed by atoms with Gasteiger partial charge in [-0.15, -0.1) is 0 Å². The van der Waals surface area contributed by atoms with Gasteiger partial charge in [-0.3, -0.25) is 4.79 Å². The molecule has 21 heavy (non-hydrogen) atoms. The summed E-state index contributed by atoms with van der Waals surface area (Å²) < 4.78 is 0. The van der Waals surface area contributed by atoms with E-state index in [1.165, 1.54) is 32.1 Å². The first kappa shape index (κ1) is 16.0. The molecule has 116 valence electrons. The van der Waals surface area contributed by atoms with Crippen molar-refractivity contribution >= 4 is 5.91 Å². The number of rotatable bonds is 4. The molecule has 1 aliphatic carbocycles. The fraction of sp³-hybridized carbons (Fsp3) is 0.611. The van der Waals surface area contributed by atoms with Crippen LogP contribution in [0.5, 0.6) is 0 Å². The van der Waals surface area contributed by atoms with Crippen molar-refractivity contribution in [3.63, 3.8) is 0 Å². The highest BCUT2D eigenvalue weighted by Crippen LogP contribution is 2.25. The molecule has 0 spiro atoms. The molecule has 1 unspecified atom stereocenters. The fourth-order valence-corrected chi connectivity index (χ4v) is 3.14. The third kappa shape index (κ3) is 4.31. The lowest BCUT2D eigenvalue weighted by molar-refractivity contribution is -0.127. The summed E-state index contributed by atoms with van der Waals surface area (Å²) in [5, 5.41) is 3.21. The molecule has 0 heterocycles. The number of amides is 1. The number of carbonyl (C=O) groups is 1. The molecule has 0 bridgehead atoms. The van der Waals surface area contributed by atoms with Crippen LogP contribution >= 0.6 is 0 Å². The highest BCUT2D eigenvalue weighted by atomic mass is 16.2. The summed E-state index contributed by atoms with van der Waals surface area (Å²) in [6.07, 6.45) is 8.21. The first-order chi connectivity index (χ1) is 10.2. The minimum atomic E-state index is -0.472. The van der Waals surface area contributed by atoms with Crippen LogP contribution in [0, 0.1) is 5.92 Å². The number of nitrogens with one attached hydrogen (secondary N) is 1. The van der Waals surface area contributed by atoms with Gasteiger partial charge in [0.1, 0.15) is 0 Å². The number of nitrogens with two attached hydrogens (primary N) is 1. The van der Waals surface area contributed by atoms with Crippen LogP contribution in [0.1, 0.15) is 57.4 Å². The molecule has 0 saturated heterocycles. The molecule has 3 nitrogen and oxygen atoms in total. The summed E-state index contributed by atoms with van der Waals surface area (Å²) in [6.45, 7) is 2.43. The second-order valence-electron chi connectivity index (χ2n) is 6.43. The van der Waals surface area contributed by atoms with Crippen LogP contribution in [-0.2, 0) is 10.3 Å². The molecule has 1 aromatic rings. The first-order valence-corrected chi connectivity index (χ1v) is 8.23. The average Bonchev–Trinajstić information content (AvgIpc) is 2.47. The molecule has 0 aliphatic heterocycles. The number of hydrogen-bond donors (Lipinski definition) is 2. The minimum Gasteiger partial charge on any atom is -0.345 e. The lowest BCUT2D eigenvalue weighted by atomic mass is 9.87. The molecule has 1 atom stereocenters. The van der Waals surface area contributed by atoms with Crippen molar-refractivity contribution in [3.05, 3.63) is 35.9 Å². The van der Waals surface area contributed by atoms with E-state index in [0.29, 0.717) is 6.54 Å². The Bertz CT molecular complexity index is 438. The second kappa shape index (κ2) is 7.60. The Balaban J connectivity index is 2.04. The monoisotopic (exact) mass is 288 g/mol. The van der Waals surface area contributed by atoms with Gasteiger partial charge >= 0.3 is 0 Å². The van der Waals surface area contributed by atoms with Gasteiger partial charge in [0.2, 0.25) is 5.91 Å². The van der Waals surface area contributed by atoms with E-state index in [1.807, 2.05) is 37.3 Å². The van der Waals surface area contributed by atoms with Gasteiger partial charge in [-0.05, 0) is 25.3 Å². The van der Waals surface area contributed by atoms with E-state index in [1.54, 1.807) is 0 Å². The predicted molar refractivity (Wildman–Crippen MR) is 86.8 cm³/mol. The summed E-state index contributed by atoms with van der Waals surface area (Å²) in [5.74, 6) is 0.327. The molecular formula is C18H28N2O. The van der Waals surface area contributed by atoms with Crippen molar-refractivity contribution in [3.8, 4) is 0 Å². The predicted octanol–water partition coefficient (Wildman–Crippen LogP) is 3.34. The van der Waals surface area contributed by atoms with Gasteiger partial charge < -0.3 is 11.1 Å². The van der Waals surface area contributed by atoms with E-state index in [-0.39, 0.29) is 11.8 Å². The normalized spacial score (nSPS) is 20.1. The zero-order valence-electron chi connectivity index (χ0n) is 13.1. The Hall–Kier alpha value is -1.35. The van der Waals surface area contributed by atoms with Crippen molar-refractivity contribution in [1.82, 2.24) is 5.32 Å². The molecule has 0 radical (unpaired) electrons. The van der Waals surface area contributed by atoms with Crippen molar-refractivity contribution in [2.45, 2.75) is 57.4 Å². The first-order valence-electron chi connectivity index (χ1n) is 8.23. The zero-order valence-corrected chi connectivity index (χ0v) is 13.1. The zero-order chi connectivity index (χ0) is 15.1. The topological polar surface area (TPSA) is 55.1 Å². The molecule has 1 saturated carbocycles. The van der Waals surface area contributed by atoms with Gasteiger partial charge in [-0.25, -0.2) is 0 Å². The van der Waals surface area contributed by atoms with Crippen LogP contribution in [0.25, 0.3) is 0 Å². The smallest absolute Gasteiger partial charge is 0.223 e. The van der Waals surface area contributed by atoms with Gasteiger partial charge in [0, 0.05) is 12.5 Å². The molecule has 1 amide bonds. The van der Waals surface area contributed by atoms with Crippen LogP contribution in [0.4, 0.5) is 0 Å². The molecular weight excluding hydrogens is 260 g/mol. The van der Waals surface area contributed by atoms with Crippen LogP contribution in [0.3, 0.4) is 0 Å². The summed E-state index contributed by atoms with van der Waals surface area (Å²) in [4.78, 5) is 12.6. The lowest BCUT2D eigenvalue weighted by Gasteiger charge is -2.32. The van der Waals surface area contributed by atoms with E-state index in [9.17, 15) is 4.79 Å². The Morgan fingerprint density at radius 1 is 1.14 bits per heavy atom. The van der Waals surface area contributed by atoms with Gasteiger partial charge in [0.05, 0.1) is 5.54 Å². The molecule has 1 aromatic carbocycles. The average molecular weight is 288 g/mol. The number of hydrogen-bond acceptors (Lipinski definition) is 2. The Morgan fingerprint density at radius 3 is 2.29 bits per heavy atom. The van der Waals surface area contributed by atoms with Crippen LogP contribution in [0.2, 0.25) is 0 Å². The second-order valence-corrected chi connectivity index (χ2v) is 6.43. The highest BCUT2D eigenvalue weighted by molar-refractivity contribution is 5.79. The van der Waals surface area contributed by atoms with Gasteiger partial charge in [-0.2, -0.15) is 0 Å². The van der Waals surface area contributed by atoms with Crippen molar-refractivity contribution in [1.29, 1.82) is 0 Å². The Morgan fingerprint density at radius 2 is 1.71 bits per heavy atom. The minimum absolute atomic E-state index is 0.153. The van der Waals surface area contributed by atoms with Crippen molar-refractivity contribution in [2.75, 3.05) is 6.54 Å². The van der Waals surface area contributed by atoms with Crippen molar-refractivity contribution < 1.29 is 4.79 Å². The van der Waals surface area contributed by atoms with E-state index in [0.717, 1.165) is 18.4 Å². The molecule has 0 aromatic heterocycles. The quantitative estimate of drug-likeness (QED) is 0.893. The van der Waals surface area contributed by atoms with E-state index < -0.39 is 5.54 Å². The Labute approximate surface area is 128 Å². The third-order valence-corrected chi connectivity index (χ3v) is 4.69. The van der Waals surface area contributed by atoms with Gasteiger partial charge in [0.25, 0.3) is 0 Å². The number of carbonyl (C=O) groups excluding carboxylic acids is 1. The van der Waals surface area contributed by atoms with E-state index >= 15 is 0 Å². The van der Waals surface area contributed by atoms with Crippen LogP contribution < -0.4 is 11.1 Å². The molecule has 1 aliphatic rings. The maximum Gasteiger partial charge on any atom is 0.223 e. The Kier molecular flexibility index (Phi) is 5.80. The van der Waals surface area contributed by atoms with Crippen LogP contribution in [-0.4, -0.2) is 12.5 Å². The molecule has 3 N–H and O–H groups in total. The van der Waals surface area contributed by atoms with Gasteiger partial charge in [0.15, 0.2) is 0 Å². The van der Waals surface area contributed by atoms with Gasteiger partial charge in [-0.1, -0.05) is 62.4 Å². The highest BCUT2D eigenvalue weighted by Gasteiger charge is 2.30. The van der Waals surface area contributed by atoms with E-state index in [2.05, 4.69) is 5.32 Å². The van der Waals surface area contributed by atoms with E-state index in [4.69, 9.17) is 5.73 Å². The summed E-state index contributed by atoms with van der Waals surface area (Å²) in [7, 11) is 0. The van der Waals surface area contributed by atoms with Crippen LogP contribution in [0.15, 0.2) is 30.3 Å². The summed E-state index contributed by atoms with van der Waals surface area (Å²) in [5.41, 5.74) is 6.56. The summed E-state index contributed by atoms with van der Waals surface area (Å²) >= 11 is 0. The fourth-order valence-electron chi connectivity index (χ4n) is 3.14.